The predicted octanol–water partition coefficient (Wildman–Crippen LogP) is 0.823. The first-order chi connectivity index (χ1) is 7.11. The average molecular weight is 203 g/mol. The number of hydrogen-bond donors (Lipinski definition) is 0. The van der Waals surface area contributed by atoms with Crippen molar-refractivity contribution in [2.45, 2.75) is 20.0 Å². The topological polar surface area (TPSA) is 43.4 Å². The van der Waals surface area contributed by atoms with Gasteiger partial charge in [0.1, 0.15) is 0 Å². The fourth-order valence-corrected chi connectivity index (χ4v) is 1.52. The predicted molar refractivity (Wildman–Crippen MR) is 56.7 cm³/mol. The molecule has 3 nitrogen and oxygen atoms in total. The molecule has 1 aliphatic rings. The van der Waals surface area contributed by atoms with Gasteiger partial charge in [-0.3, -0.25) is 9.59 Å². The summed E-state index contributed by atoms with van der Waals surface area (Å²) in [5.41, 5.74) is -0.546. The first-order valence-corrected chi connectivity index (χ1v) is 4.83. The van der Waals surface area contributed by atoms with Crippen LogP contribution >= 0.6 is 0 Å². The minimum atomic E-state index is -0.514. The largest absolute Gasteiger partial charge is 0.486 e. The highest BCUT2D eigenvalue weighted by Crippen LogP contribution is 2.33. The second-order valence-electron chi connectivity index (χ2n) is 3.70. The van der Waals surface area contributed by atoms with Crippen LogP contribution in [0.15, 0.2) is 9.59 Å². The van der Waals surface area contributed by atoms with Gasteiger partial charge in [-0.05, 0) is 39.5 Å². The van der Waals surface area contributed by atoms with Crippen molar-refractivity contribution in [3.63, 3.8) is 0 Å². The molecule has 0 heterocycles. The van der Waals surface area contributed by atoms with E-state index in [1.165, 1.54) is 0 Å². The normalized spacial score (nSPS) is 17.8. The summed E-state index contributed by atoms with van der Waals surface area (Å²) in [5.74, 6) is 0.969. The van der Waals surface area contributed by atoms with Crippen molar-refractivity contribution >= 4 is 0 Å². The maximum atomic E-state index is 11.4. The zero-order valence-corrected chi connectivity index (χ0v) is 8.61. The summed E-state index contributed by atoms with van der Waals surface area (Å²) in [6.45, 7) is 3.65. The molecular formula is C12H11O3. The second-order valence-corrected chi connectivity index (χ2v) is 3.70. The van der Waals surface area contributed by atoms with Gasteiger partial charge in [0, 0.05) is 5.92 Å². The first-order valence-electron chi connectivity index (χ1n) is 4.83. The van der Waals surface area contributed by atoms with E-state index in [-0.39, 0.29) is 11.9 Å². The van der Waals surface area contributed by atoms with Crippen molar-refractivity contribution in [3.8, 4) is 5.75 Å². The van der Waals surface area contributed by atoms with E-state index in [2.05, 4.69) is 0 Å². The van der Waals surface area contributed by atoms with Crippen molar-refractivity contribution in [1.29, 1.82) is 0 Å². The van der Waals surface area contributed by atoms with Crippen LogP contribution in [0.4, 0.5) is 0 Å². The molecule has 0 bridgehead atoms. The minimum Gasteiger partial charge on any atom is -0.486 e. The zero-order valence-electron chi connectivity index (χ0n) is 8.61. The molecule has 0 atom stereocenters. The van der Waals surface area contributed by atoms with E-state index >= 15 is 0 Å². The van der Waals surface area contributed by atoms with Crippen LogP contribution in [0.25, 0.3) is 0 Å². The Morgan fingerprint density at radius 3 is 2.20 bits per heavy atom. The van der Waals surface area contributed by atoms with Crippen LogP contribution in [0.3, 0.4) is 0 Å². The molecule has 1 aliphatic carbocycles. The van der Waals surface area contributed by atoms with E-state index in [1.807, 2.05) is 26.7 Å². The lowest BCUT2D eigenvalue weighted by Crippen LogP contribution is -2.39. The molecule has 0 aliphatic heterocycles. The molecule has 0 spiro atoms. The fourth-order valence-electron chi connectivity index (χ4n) is 1.52. The SMILES string of the molecule is CC(C)Oc1c([C]2[CH][CH][CH][CH]2)c(=O)c1=O. The third-order valence-corrected chi connectivity index (χ3v) is 2.17. The molecule has 0 unspecified atom stereocenters. The number of rotatable bonds is 3. The third-order valence-electron chi connectivity index (χ3n) is 2.17. The lowest BCUT2D eigenvalue weighted by molar-refractivity contribution is 0.235. The standard InChI is InChI=1S/C12H11O3/c1-7(2)15-12-9(10(13)11(12)14)8-5-3-4-6-8/h3-7H,1-2H3. The molecule has 1 fully saturated rings. The molecule has 1 aromatic carbocycles. The third kappa shape index (κ3) is 1.71. The quantitative estimate of drug-likeness (QED) is 0.683. The molecule has 0 N–H and O–H groups in total. The van der Waals surface area contributed by atoms with E-state index in [0.29, 0.717) is 5.56 Å². The molecule has 1 aromatic rings. The monoisotopic (exact) mass is 203 g/mol. The summed E-state index contributed by atoms with van der Waals surface area (Å²) in [6.07, 6.45) is 7.14. The number of hydrogen-bond acceptors (Lipinski definition) is 3. The smallest absolute Gasteiger partial charge is 0.268 e. The Hall–Kier alpha value is -1.12. The molecule has 2 rings (SSSR count). The summed E-state index contributed by atoms with van der Waals surface area (Å²) in [7, 11) is 0. The Balaban J connectivity index is 2.27. The average Bonchev–Trinajstić information content (AvgIpc) is 2.69. The molecule has 15 heavy (non-hydrogen) atoms. The van der Waals surface area contributed by atoms with Gasteiger partial charge in [-0.2, -0.15) is 0 Å². The summed E-state index contributed by atoms with van der Waals surface area (Å²) >= 11 is 0. The summed E-state index contributed by atoms with van der Waals surface area (Å²) in [6, 6.07) is 0. The molecule has 1 saturated carbocycles. The van der Waals surface area contributed by atoms with Crippen molar-refractivity contribution in [2.24, 2.45) is 0 Å². The van der Waals surface area contributed by atoms with E-state index in [9.17, 15) is 9.59 Å². The minimum absolute atomic E-state index is 0.0954. The Bertz CT molecular complexity index is 418. The van der Waals surface area contributed by atoms with Gasteiger partial charge in [-0.25, -0.2) is 0 Å². The van der Waals surface area contributed by atoms with Crippen molar-refractivity contribution in [2.75, 3.05) is 0 Å². The lowest BCUT2D eigenvalue weighted by Gasteiger charge is -2.17. The summed E-state index contributed by atoms with van der Waals surface area (Å²) in [4.78, 5) is 22.6. The van der Waals surface area contributed by atoms with Crippen molar-refractivity contribution in [1.82, 2.24) is 0 Å². The highest BCUT2D eigenvalue weighted by molar-refractivity contribution is 5.58. The van der Waals surface area contributed by atoms with Crippen molar-refractivity contribution in [3.05, 3.63) is 57.6 Å². The molecule has 77 valence electrons. The Morgan fingerprint density at radius 2 is 1.67 bits per heavy atom. The maximum absolute atomic E-state index is 11.4. The Morgan fingerprint density at radius 1 is 1.07 bits per heavy atom. The molecule has 5 radical (unpaired) electrons. The van der Waals surface area contributed by atoms with Crippen LogP contribution in [0.5, 0.6) is 5.75 Å². The van der Waals surface area contributed by atoms with Crippen LogP contribution < -0.4 is 15.6 Å². The van der Waals surface area contributed by atoms with Gasteiger partial charge < -0.3 is 4.74 Å². The fraction of sp³-hybridized carbons (Fsp3) is 0.250. The van der Waals surface area contributed by atoms with Gasteiger partial charge in [0.05, 0.1) is 11.7 Å². The lowest BCUT2D eigenvalue weighted by atomic mass is 9.92. The van der Waals surface area contributed by atoms with Crippen LogP contribution in [-0.2, 0) is 0 Å². The van der Waals surface area contributed by atoms with Gasteiger partial charge >= 0.3 is 0 Å². The van der Waals surface area contributed by atoms with Crippen molar-refractivity contribution < 1.29 is 4.74 Å². The van der Waals surface area contributed by atoms with Crippen LogP contribution in [0.1, 0.15) is 19.4 Å². The first kappa shape index (κ1) is 10.4. The Kier molecular flexibility index (Phi) is 2.63. The summed E-state index contributed by atoms with van der Waals surface area (Å²) < 4.78 is 5.31. The van der Waals surface area contributed by atoms with Crippen LogP contribution in [0.2, 0.25) is 0 Å². The molecular weight excluding hydrogens is 192 g/mol. The van der Waals surface area contributed by atoms with E-state index in [0.717, 1.165) is 5.92 Å². The molecule has 3 heteroatoms. The molecule has 0 saturated heterocycles. The molecule has 0 aromatic heterocycles. The van der Waals surface area contributed by atoms with Gasteiger partial charge in [0.2, 0.25) is 5.43 Å². The summed E-state index contributed by atoms with van der Waals surface area (Å²) in [5, 5.41) is 0. The van der Waals surface area contributed by atoms with Gasteiger partial charge in [0.15, 0.2) is 5.75 Å². The number of ether oxygens (including phenoxy) is 1. The van der Waals surface area contributed by atoms with Gasteiger partial charge in [-0.15, -0.1) is 0 Å². The maximum Gasteiger partial charge on any atom is 0.268 e. The van der Waals surface area contributed by atoms with Crippen LogP contribution in [-0.4, -0.2) is 6.10 Å². The highest BCUT2D eigenvalue weighted by atomic mass is 16.5. The van der Waals surface area contributed by atoms with E-state index in [4.69, 9.17) is 4.74 Å². The second kappa shape index (κ2) is 3.80. The highest BCUT2D eigenvalue weighted by Gasteiger charge is 2.32. The van der Waals surface area contributed by atoms with E-state index < -0.39 is 10.9 Å². The Labute approximate surface area is 88.8 Å². The van der Waals surface area contributed by atoms with E-state index in [1.54, 1.807) is 12.8 Å². The van der Waals surface area contributed by atoms with Crippen LogP contribution in [0, 0.1) is 31.6 Å². The zero-order chi connectivity index (χ0) is 11.0. The molecule has 0 amide bonds. The van der Waals surface area contributed by atoms with Gasteiger partial charge in [-0.1, -0.05) is 0 Å². The van der Waals surface area contributed by atoms with Gasteiger partial charge in [0.25, 0.3) is 5.43 Å².